The van der Waals surface area contributed by atoms with Crippen molar-refractivity contribution in [2.24, 2.45) is 0 Å². The van der Waals surface area contributed by atoms with E-state index in [2.05, 4.69) is 0 Å². The summed E-state index contributed by atoms with van der Waals surface area (Å²) in [6, 6.07) is 10.1. The first-order valence-corrected chi connectivity index (χ1v) is 6.00. The van der Waals surface area contributed by atoms with Crippen molar-refractivity contribution in [1.82, 2.24) is 0 Å². The lowest BCUT2D eigenvalue weighted by Crippen LogP contribution is -2.41. The summed E-state index contributed by atoms with van der Waals surface area (Å²) >= 11 is 0. The van der Waals surface area contributed by atoms with Crippen LogP contribution in [0.15, 0.2) is 30.3 Å². The van der Waals surface area contributed by atoms with Crippen LogP contribution < -0.4 is 0 Å². The maximum Gasteiger partial charge on any atom is 0.187 e. The topological polar surface area (TPSA) is 40.2 Å². The molecule has 17 heavy (non-hydrogen) atoms. The first-order chi connectivity index (χ1) is 8.42. The maximum atomic E-state index is 5.88. The van der Waals surface area contributed by atoms with Gasteiger partial charge in [-0.05, 0) is 5.56 Å². The Hall–Kier alpha value is -0.940. The van der Waals surface area contributed by atoms with Crippen molar-refractivity contribution >= 4 is 0 Å². The summed E-state index contributed by atoms with van der Waals surface area (Å²) in [7, 11) is 0. The molecule has 0 radical (unpaired) electrons. The van der Waals surface area contributed by atoms with Crippen LogP contribution in [-0.2, 0) is 25.6 Å². The molecule has 0 spiro atoms. The molecule has 0 aromatic heterocycles. The van der Waals surface area contributed by atoms with Gasteiger partial charge in [-0.15, -0.1) is 0 Å². The molecule has 0 amide bonds. The van der Waals surface area contributed by atoms with Crippen LogP contribution in [0.5, 0.6) is 0 Å². The number of benzene rings is 1. The second kappa shape index (κ2) is 3.78. The zero-order valence-electron chi connectivity index (χ0n) is 9.32. The van der Waals surface area contributed by atoms with Crippen molar-refractivity contribution in [2.75, 3.05) is 6.61 Å². The van der Waals surface area contributed by atoms with Crippen LogP contribution in [0.2, 0.25) is 0 Å². The second-order valence-corrected chi connectivity index (χ2v) is 4.70. The fourth-order valence-electron chi connectivity index (χ4n) is 2.58. The first-order valence-electron chi connectivity index (χ1n) is 6.00. The van der Waals surface area contributed by atoms with E-state index in [-0.39, 0.29) is 30.7 Å². The highest BCUT2D eigenvalue weighted by atomic mass is 16.8. The average molecular weight is 234 g/mol. The lowest BCUT2D eigenvalue weighted by atomic mass is 10.1. The van der Waals surface area contributed by atoms with Crippen LogP contribution in [-0.4, -0.2) is 37.3 Å². The molecule has 90 valence electrons. The smallest absolute Gasteiger partial charge is 0.187 e. The molecule has 4 nitrogen and oxygen atoms in total. The van der Waals surface area contributed by atoms with Crippen molar-refractivity contribution in [3.63, 3.8) is 0 Å². The van der Waals surface area contributed by atoms with Crippen molar-refractivity contribution in [1.29, 1.82) is 0 Å². The largest absolute Gasteiger partial charge is 0.365 e. The molecule has 0 saturated carbocycles. The van der Waals surface area contributed by atoms with Crippen molar-refractivity contribution in [3.05, 3.63) is 35.9 Å². The highest BCUT2D eigenvalue weighted by Crippen LogP contribution is 2.43. The van der Waals surface area contributed by atoms with Crippen LogP contribution in [0.1, 0.15) is 5.56 Å². The highest BCUT2D eigenvalue weighted by Gasteiger charge is 2.61. The third-order valence-electron chi connectivity index (χ3n) is 3.54. The molecule has 3 fully saturated rings. The first kappa shape index (κ1) is 10.0. The summed E-state index contributed by atoms with van der Waals surface area (Å²) in [5.74, 6) is 0. The zero-order chi connectivity index (χ0) is 11.2. The van der Waals surface area contributed by atoms with E-state index in [4.69, 9.17) is 18.9 Å². The molecule has 5 atom stereocenters. The van der Waals surface area contributed by atoms with Gasteiger partial charge in [-0.3, -0.25) is 0 Å². The predicted molar refractivity (Wildman–Crippen MR) is 58.3 cm³/mol. The van der Waals surface area contributed by atoms with Crippen LogP contribution in [0.4, 0.5) is 0 Å². The number of hydrogen-bond acceptors (Lipinski definition) is 4. The fraction of sp³-hybridized carbons (Fsp3) is 0.538. The number of hydrogen-bond donors (Lipinski definition) is 0. The van der Waals surface area contributed by atoms with Crippen LogP contribution >= 0.6 is 0 Å². The number of epoxide rings is 1. The SMILES string of the molecule is c1ccc(CO[C@H]2[C@@H]3OC[C@@H](O3)[C@@H]3O[C@@H]32)cc1. The van der Waals surface area contributed by atoms with Gasteiger partial charge in [0.25, 0.3) is 0 Å². The van der Waals surface area contributed by atoms with Crippen LogP contribution in [0.3, 0.4) is 0 Å². The van der Waals surface area contributed by atoms with Gasteiger partial charge in [-0.2, -0.15) is 0 Å². The van der Waals surface area contributed by atoms with Crippen molar-refractivity contribution < 1.29 is 18.9 Å². The summed E-state index contributed by atoms with van der Waals surface area (Å²) in [5, 5.41) is 0. The quantitative estimate of drug-likeness (QED) is 0.734. The minimum absolute atomic E-state index is 0.0843. The Morgan fingerprint density at radius 3 is 2.88 bits per heavy atom. The molecular formula is C13H14O4. The van der Waals surface area contributed by atoms with Gasteiger partial charge in [0.1, 0.15) is 24.4 Å². The van der Waals surface area contributed by atoms with E-state index in [0.717, 1.165) is 5.56 Å². The molecule has 0 aliphatic carbocycles. The van der Waals surface area contributed by atoms with E-state index >= 15 is 0 Å². The summed E-state index contributed by atoms with van der Waals surface area (Å²) < 4.78 is 22.7. The van der Waals surface area contributed by atoms with Crippen molar-refractivity contribution in [3.8, 4) is 0 Å². The molecule has 1 aromatic carbocycles. The molecular weight excluding hydrogens is 220 g/mol. The summed E-state index contributed by atoms with van der Waals surface area (Å²) in [5.41, 5.74) is 1.16. The van der Waals surface area contributed by atoms with E-state index in [0.29, 0.717) is 13.2 Å². The van der Waals surface area contributed by atoms with Gasteiger partial charge in [-0.1, -0.05) is 30.3 Å². The summed E-state index contributed by atoms with van der Waals surface area (Å²) in [6.07, 6.45) is 0.160. The van der Waals surface area contributed by atoms with Gasteiger partial charge in [0.15, 0.2) is 6.29 Å². The van der Waals surface area contributed by atoms with Crippen LogP contribution in [0, 0.1) is 0 Å². The lowest BCUT2D eigenvalue weighted by molar-refractivity contribution is -0.168. The Kier molecular flexibility index (Phi) is 2.23. The molecule has 3 aliphatic heterocycles. The minimum atomic E-state index is -0.243. The normalized spacial score (nSPS) is 42.2. The number of ether oxygens (including phenoxy) is 4. The molecule has 4 heteroatoms. The molecule has 3 heterocycles. The van der Waals surface area contributed by atoms with E-state index in [9.17, 15) is 0 Å². The van der Waals surface area contributed by atoms with E-state index in [1.807, 2.05) is 30.3 Å². The summed E-state index contributed by atoms with van der Waals surface area (Å²) in [6.45, 7) is 1.21. The molecule has 3 aliphatic rings. The second-order valence-electron chi connectivity index (χ2n) is 4.70. The maximum absolute atomic E-state index is 5.88. The monoisotopic (exact) mass is 234 g/mol. The molecule has 1 aromatic rings. The zero-order valence-corrected chi connectivity index (χ0v) is 9.32. The molecule has 2 bridgehead atoms. The van der Waals surface area contributed by atoms with Gasteiger partial charge in [0.2, 0.25) is 0 Å². The summed E-state index contributed by atoms with van der Waals surface area (Å²) in [4.78, 5) is 0. The van der Waals surface area contributed by atoms with E-state index in [1.165, 1.54) is 0 Å². The molecule has 0 N–H and O–H groups in total. The van der Waals surface area contributed by atoms with Gasteiger partial charge in [0.05, 0.1) is 13.2 Å². The Morgan fingerprint density at radius 2 is 2.00 bits per heavy atom. The molecule has 0 unspecified atom stereocenters. The number of rotatable bonds is 3. The Morgan fingerprint density at radius 1 is 1.12 bits per heavy atom. The Balaban J connectivity index is 1.43. The van der Waals surface area contributed by atoms with Gasteiger partial charge in [0, 0.05) is 0 Å². The predicted octanol–water partition coefficient (Wildman–Crippen LogP) is 1.09. The molecule has 4 rings (SSSR count). The van der Waals surface area contributed by atoms with Crippen molar-refractivity contribution in [2.45, 2.75) is 37.3 Å². The minimum Gasteiger partial charge on any atom is -0.365 e. The van der Waals surface area contributed by atoms with Gasteiger partial charge in [-0.25, -0.2) is 0 Å². The molecule has 3 saturated heterocycles. The van der Waals surface area contributed by atoms with E-state index < -0.39 is 0 Å². The fourth-order valence-corrected chi connectivity index (χ4v) is 2.58. The standard InChI is InChI=1S/C13H14O4/c1-2-4-8(5-3-1)6-14-12-11-10(17-11)9-7-15-13(12)16-9/h1-5,9-13H,6-7H2/t9-,10+,11+,12-,13-/m1/s1. The average Bonchev–Trinajstić information content (AvgIpc) is 3.05. The Bertz CT molecular complexity index is 407. The number of fused-ring (bicyclic) bond motifs is 4. The van der Waals surface area contributed by atoms with Crippen LogP contribution in [0.25, 0.3) is 0 Å². The van der Waals surface area contributed by atoms with Gasteiger partial charge < -0.3 is 18.9 Å². The van der Waals surface area contributed by atoms with Gasteiger partial charge >= 0.3 is 0 Å². The third kappa shape index (κ3) is 1.68. The van der Waals surface area contributed by atoms with E-state index in [1.54, 1.807) is 0 Å². The highest BCUT2D eigenvalue weighted by molar-refractivity contribution is 5.14. The Labute approximate surface area is 99.4 Å². The lowest BCUT2D eigenvalue weighted by Gasteiger charge is -2.24. The third-order valence-corrected chi connectivity index (χ3v) is 3.54.